The minimum absolute atomic E-state index is 0.142. The maximum absolute atomic E-state index is 12.9. The highest BCUT2D eigenvalue weighted by atomic mass is 35.5. The zero-order valence-corrected chi connectivity index (χ0v) is 13.5. The van der Waals surface area contributed by atoms with Crippen LogP contribution in [-0.2, 0) is 14.8 Å². The average molecular weight is 331 g/mol. The molecule has 1 saturated carbocycles. The van der Waals surface area contributed by atoms with Crippen molar-refractivity contribution in [1.82, 2.24) is 4.31 Å². The van der Waals surface area contributed by atoms with Crippen LogP contribution in [0.2, 0.25) is 5.02 Å². The van der Waals surface area contributed by atoms with Crippen molar-refractivity contribution in [2.75, 3.05) is 6.54 Å². The van der Waals surface area contributed by atoms with E-state index in [2.05, 4.69) is 0 Å². The third kappa shape index (κ3) is 3.56. The van der Waals surface area contributed by atoms with Crippen LogP contribution in [0.1, 0.15) is 31.2 Å². The fourth-order valence-electron chi connectivity index (χ4n) is 2.73. The third-order valence-corrected chi connectivity index (χ3v) is 6.06. The first-order chi connectivity index (χ1) is 9.82. The summed E-state index contributed by atoms with van der Waals surface area (Å²) in [6, 6.07) is 4.56. The number of aryl methyl sites for hydroxylation is 1. The van der Waals surface area contributed by atoms with E-state index in [-0.39, 0.29) is 17.5 Å². The number of halogens is 1. The molecule has 0 aromatic heterocycles. The average Bonchev–Trinajstić information content (AvgIpc) is 2.92. The smallest absolute Gasteiger partial charge is 0.244 e. The lowest BCUT2D eigenvalue weighted by molar-refractivity contribution is -0.118. The molecule has 5 nitrogen and oxygen atoms in total. The molecule has 7 heteroatoms. The minimum atomic E-state index is -3.78. The Labute approximate surface area is 130 Å². The lowest BCUT2D eigenvalue weighted by Crippen LogP contribution is -2.44. The first-order valence-corrected chi connectivity index (χ1v) is 8.70. The van der Waals surface area contributed by atoms with Gasteiger partial charge in [-0.1, -0.05) is 30.5 Å². The molecule has 1 aliphatic rings. The zero-order chi connectivity index (χ0) is 15.6. The fraction of sp³-hybridized carbons (Fsp3) is 0.500. The molecule has 1 fully saturated rings. The number of primary amides is 1. The Bertz CT molecular complexity index is 640. The van der Waals surface area contributed by atoms with Gasteiger partial charge >= 0.3 is 0 Å². The molecule has 1 amide bonds. The highest BCUT2D eigenvalue weighted by molar-refractivity contribution is 7.89. The predicted octanol–water partition coefficient (Wildman–Crippen LogP) is 2.07. The Morgan fingerprint density at radius 1 is 1.38 bits per heavy atom. The van der Waals surface area contributed by atoms with Gasteiger partial charge < -0.3 is 5.73 Å². The second-order valence-corrected chi connectivity index (χ2v) is 7.66. The van der Waals surface area contributed by atoms with Gasteiger partial charge in [-0.15, -0.1) is 0 Å². The molecular formula is C14H19ClN2O3S. The lowest BCUT2D eigenvalue weighted by atomic mass is 10.2. The van der Waals surface area contributed by atoms with Gasteiger partial charge in [0.15, 0.2) is 0 Å². The van der Waals surface area contributed by atoms with Gasteiger partial charge in [-0.25, -0.2) is 8.42 Å². The van der Waals surface area contributed by atoms with Crippen molar-refractivity contribution in [2.45, 2.75) is 43.5 Å². The van der Waals surface area contributed by atoms with Gasteiger partial charge in [0.2, 0.25) is 15.9 Å². The number of benzene rings is 1. The largest absolute Gasteiger partial charge is 0.369 e. The second kappa shape index (κ2) is 6.34. The van der Waals surface area contributed by atoms with Crippen LogP contribution in [0.25, 0.3) is 0 Å². The van der Waals surface area contributed by atoms with E-state index in [9.17, 15) is 13.2 Å². The van der Waals surface area contributed by atoms with Crippen molar-refractivity contribution in [2.24, 2.45) is 5.73 Å². The van der Waals surface area contributed by atoms with E-state index in [0.717, 1.165) is 25.7 Å². The number of amides is 1. The number of carbonyl (C=O) groups is 1. The second-order valence-electron chi connectivity index (χ2n) is 5.36. The summed E-state index contributed by atoms with van der Waals surface area (Å²) in [5.74, 6) is -0.648. The number of hydrogen-bond donors (Lipinski definition) is 1. The molecule has 2 N–H and O–H groups in total. The van der Waals surface area contributed by atoms with Crippen molar-refractivity contribution < 1.29 is 13.2 Å². The molecule has 0 aliphatic heterocycles. The summed E-state index contributed by atoms with van der Waals surface area (Å²) >= 11 is 5.92. The van der Waals surface area contributed by atoms with E-state index in [1.807, 2.05) is 0 Å². The first-order valence-electron chi connectivity index (χ1n) is 6.88. The van der Waals surface area contributed by atoms with Crippen molar-refractivity contribution in [3.05, 3.63) is 28.8 Å². The number of hydrogen-bond acceptors (Lipinski definition) is 3. The summed E-state index contributed by atoms with van der Waals surface area (Å²) < 4.78 is 27.0. The number of sulfonamides is 1. The highest BCUT2D eigenvalue weighted by Gasteiger charge is 2.35. The van der Waals surface area contributed by atoms with Crippen LogP contribution in [-0.4, -0.2) is 31.2 Å². The molecule has 0 spiro atoms. The van der Waals surface area contributed by atoms with Gasteiger partial charge in [0.05, 0.1) is 11.4 Å². The van der Waals surface area contributed by atoms with Crippen molar-refractivity contribution in [1.29, 1.82) is 0 Å². The summed E-state index contributed by atoms with van der Waals surface area (Å²) in [5.41, 5.74) is 5.84. The molecular weight excluding hydrogens is 312 g/mol. The van der Waals surface area contributed by atoms with Gasteiger partial charge in [-0.05, 0) is 37.5 Å². The monoisotopic (exact) mass is 330 g/mol. The van der Waals surface area contributed by atoms with Crippen LogP contribution in [0.3, 0.4) is 0 Å². The molecule has 1 aromatic rings. The van der Waals surface area contributed by atoms with Gasteiger partial charge in [0.1, 0.15) is 0 Å². The van der Waals surface area contributed by atoms with Crippen LogP contribution in [0.15, 0.2) is 23.1 Å². The van der Waals surface area contributed by atoms with Crippen LogP contribution in [0, 0.1) is 6.92 Å². The van der Waals surface area contributed by atoms with Crippen molar-refractivity contribution in [3.8, 4) is 0 Å². The summed E-state index contributed by atoms with van der Waals surface area (Å²) in [7, 11) is -3.78. The van der Waals surface area contributed by atoms with E-state index < -0.39 is 15.9 Å². The molecule has 0 unspecified atom stereocenters. The van der Waals surface area contributed by atoms with Crippen LogP contribution in [0.5, 0.6) is 0 Å². The van der Waals surface area contributed by atoms with E-state index >= 15 is 0 Å². The molecule has 1 aliphatic carbocycles. The van der Waals surface area contributed by atoms with Crippen LogP contribution < -0.4 is 5.73 Å². The van der Waals surface area contributed by atoms with E-state index in [1.54, 1.807) is 19.1 Å². The van der Waals surface area contributed by atoms with E-state index in [1.165, 1.54) is 10.4 Å². The predicted molar refractivity (Wildman–Crippen MR) is 81.5 cm³/mol. The van der Waals surface area contributed by atoms with Crippen LogP contribution >= 0.6 is 11.6 Å². The Kier molecular flexibility index (Phi) is 4.91. The first kappa shape index (κ1) is 16.3. The molecule has 0 atom stereocenters. The molecule has 116 valence electrons. The van der Waals surface area contributed by atoms with E-state index in [4.69, 9.17) is 17.3 Å². The highest BCUT2D eigenvalue weighted by Crippen LogP contribution is 2.30. The standard InChI is InChI=1S/C14H19ClN2O3S/c1-10-6-7-11(15)8-13(10)21(19,20)17(9-14(16)18)12-4-2-3-5-12/h6-8,12H,2-5,9H2,1H3,(H2,16,18). The van der Waals surface area contributed by atoms with Crippen LogP contribution in [0.4, 0.5) is 0 Å². The maximum atomic E-state index is 12.9. The summed E-state index contributed by atoms with van der Waals surface area (Å²) in [4.78, 5) is 11.4. The maximum Gasteiger partial charge on any atom is 0.244 e. The number of nitrogens with zero attached hydrogens (tertiary/aromatic N) is 1. The van der Waals surface area contributed by atoms with Gasteiger partial charge in [-0.3, -0.25) is 4.79 Å². The lowest BCUT2D eigenvalue weighted by Gasteiger charge is -2.27. The zero-order valence-electron chi connectivity index (χ0n) is 11.9. The van der Waals surface area contributed by atoms with Crippen molar-refractivity contribution >= 4 is 27.5 Å². The van der Waals surface area contributed by atoms with Crippen molar-refractivity contribution in [3.63, 3.8) is 0 Å². The number of rotatable bonds is 5. The Morgan fingerprint density at radius 3 is 2.57 bits per heavy atom. The molecule has 0 bridgehead atoms. The Hall–Kier alpha value is -1.11. The Morgan fingerprint density at radius 2 is 2.00 bits per heavy atom. The molecule has 0 heterocycles. The summed E-state index contributed by atoms with van der Waals surface area (Å²) in [5, 5.41) is 0.352. The molecule has 21 heavy (non-hydrogen) atoms. The number of nitrogens with two attached hydrogens (primary N) is 1. The van der Waals surface area contributed by atoms with E-state index in [0.29, 0.717) is 10.6 Å². The third-order valence-electron chi connectivity index (χ3n) is 3.78. The Balaban J connectivity index is 2.45. The normalized spacial score (nSPS) is 16.5. The quantitative estimate of drug-likeness (QED) is 0.897. The fourth-order valence-corrected chi connectivity index (χ4v) is 4.88. The molecule has 1 aromatic carbocycles. The molecule has 0 radical (unpaired) electrons. The van der Waals surface area contributed by atoms with Gasteiger partial charge in [0.25, 0.3) is 0 Å². The SMILES string of the molecule is Cc1ccc(Cl)cc1S(=O)(=O)N(CC(N)=O)C1CCCC1. The summed E-state index contributed by atoms with van der Waals surface area (Å²) in [6.07, 6.45) is 3.44. The molecule has 2 rings (SSSR count). The molecule has 0 saturated heterocycles. The summed E-state index contributed by atoms with van der Waals surface area (Å²) in [6.45, 7) is 1.42. The topological polar surface area (TPSA) is 80.5 Å². The van der Waals surface area contributed by atoms with Gasteiger partial charge in [0, 0.05) is 11.1 Å². The minimum Gasteiger partial charge on any atom is -0.369 e. The number of carbonyl (C=O) groups excluding carboxylic acids is 1. The van der Waals surface area contributed by atoms with Gasteiger partial charge in [-0.2, -0.15) is 4.31 Å².